The normalized spacial score (nSPS) is 13.7. The van der Waals surface area contributed by atoms with E-state index in [1.807, 2.05) is 0 Å². The first-order chi connectivity index (χ1) is 28.2. The van der Waals surface area contributed by atoms with Crippen LogP contribution in [0.4, 0.5) is 0 Å². The molecule has 3 heteroatoms. The average Bonchev–Trinajstić information content (AvgIpc) is 3.90. The van der Waals surface area contributed by atoms with E-state index < -0.39 is 0 Å². The Kier molecular flexibility index (Phi) is 6.67. The maximum absolute atomic E-state index is 6.55. The molecule has 0 spiro atoms. The molecule has 3 heterocycles. The predicted molar refractivity (Wildman–Crippen MR) is 244 cm³/mol. The zero-order valence-corrected chi connectivity index (χ0v) is 33.4. The van der Waals surface area contributed by atoms with Crippen LogP contribution in [0.2, 0.25) is 0 Å². The van der Waals surface area contributed by atoms with E-state index >= 15 is 0 Å². The second kappa shape index (κ2) is 11.6. The maximum atomic E-state index is 6.55. The molecule has 0 radical (unpaired) electrons. The van der Waals surface area contributed by atoms with Crippen LogP contribution in [0.25, 0.3) is 99.2 Å². The summed E-state index contributed by atoms with van der Waals surface area (Å²) < 4.78 is 11.6. The molecule has 2 bridgehead atoms. The summed E-state index contributed by atoms with van der Waals surface area (Å²) >= 11 is 0. The van der Waals surface area contributed by atoms with Crippen LogP contribution in [0.5, 0.6) is 0 Å². The Morgan fingerprint density at radius 3 is 1.41 bits per heavy atom. The van der Waals surface area contributed by atoms with Crippen LogP contribution in [0, 0.1) is 0 Å². The largest absolute Gasteiger partial charge is 0.456 e. The minimum atomic E-state index is -0.286. The van der Waals surface area contributed by atoms with Crippen molar-refractivity contribution in [3.8, 4) is 33.6 Å². The molecule has 3 aromatic heterocycles. The third-order valence-electron chi connectivity index (χ3n) is 13.0. The summed E-state index contributed by atoms with van der Waals surface area (Å²) in [5, 5.41) is 7.45. The van der Waals surface area contributed by atoms with Gasteiger partial charge in [0.1, 0.15) is 11.2 Å². The van der Waals surface area contributed by atoms with Crippen molar-refractivity contribution in [3.63, 3.8) is 0 Å². The van der Waals surface area contributed by atoms with Crippen molar-refractivity contribution in [2.45, 2.75) is 45.4 Å². The molecular weight excluding hydrogens is 705 g/mol. The highest BCUT2D eigenvalue weighted by Gasteiger charge is 2.33. The summed E-state index contributed by atoms with van der Waals surface area (Å²) in [5.41, 5.74) is 17.2. The molecule has 0 N–H and O–H groups in total. The van der Waals surface area contributed by atoms with Crippen LogP contribution < -0.4 is 0 Å². The number of nitrogens with zero attached hydrogens (tertiary/aromatic N) is 2. The van der Waals surface area contributed by atoms with Crippen molar-refractivity contribution in [1.82, 2.24) is 9.13 Å². The van der Waals surface area contributed by atoms with Gasteiger partial charge in [-0.2, -0.15) is 0 Å². The van der Waals surface area contributed by atoms with Gasteiger partial charge >= 0.3 is 0 Å². The fraction of sp³-hybridized carbons (Fsp3) is 0.127. The van der Waals surface area contributed by atoms with Crippen LogP contribution in [0.3, 0.4) is 0 Å². The van der Waals surface area contributed by atoms with Crippen LogP contribution in [-0.2, 0) is 10.8 Å². The molecule has 278 valence electrons. The first kappa shape index (κ1) is 33.3. The predicted octanol–water partition coefficient (Wildman–Crippen LogP) is 15.1. The summed E-state index contributed by atoms with van der Waals surface area (Å²) in [6, 6.07) is 60.9. The molecule has 58 heavy (non-hydrogen) atoms. The monoisotopic (exact) mass is 746 g/mol. The third kappa shape index (κ3) is 4.50. The average molecular weight is 747 g/mol. The van der Waals surface area contributed by atoms with Gasteiger partial charge in [0.05, 0.1) is 33.4 Å². The number of rotatable bonds is 3. The Bertz CT molecular complexity index is 3280. The molecule has 0 fully saturated rings. The number of hydrogen-bond acceptors (Lipinski definition) is 1. The number of hydrogen-bond donors (Lipinski definition) is 0. The topological polar surface area (TPSA) is 23.0 Å². The Hall–Kier alpha value is -6.84. The van der Waals surface area contributed by atoms with Gasteiger partial charge in [-0.25, -0.2) is 0 Å². The van der Waals surface area contributed by atoms with Crippen molar-refractivity contribution in [1.29, 1.82) is 0 Å². The van der Waals surface area contributed by atoms with Crippen molar-refractivity contribution >= 4 is 65.6 Å². The van der Waals surface area contributed by atoms with E-state index in [-0.39, 0.29) is 10.8 Å². The smallest absolute Gasteiger partial charge is 0.136 e. The molecule has 3 nitrogen and oxygen atoms in total. The highest BCUT2D eigenvalue weighted by Crippen LogP contribution is 2.49. The van der Waals surface area contributed by atoms with Gasteiger partial charge in [0.25, 0.3) is 0 Å². The molecule has 0 atom stereocenters. The van der Waals surface area contributed by atoms with Gasteiger partial charge in [-0.05, 0) is 93.4 Å². The third-order valence-corrected chi connectivity index (χ3v) is 13.0. The van der Waals surface area contributed by atoms with Crippen molar-refractivity contribution in [3.05, 3.63) is 180 Å². The lowest BCUT2D eigenvalue weighted by Crippen LogP contribution is -2.20. The Balaban J connectivity index is 1.25. The molecule has 1 aliphatic rings. The quantitative estimate of drug-likeness (QED) is 0.177. The molecule has 8 aromatic carbocycles. The van der Waals surface area contributed by atoms with Gasteiger partial charge in [0.2, 0.25) is 0 Å². The second-order valence-corrected chi connectivity index (χ2v) is 17.8. The van der Waals surface area contributed by atoms with Gasteiger partial charge in [-0.3, -0.25) is 0 Å². The van der Waals surface area contributed by atoms with E-state index in [4.69, 9.17) is 4.42 Å². The fourth-order valence-electron chi connectivity index (χ4n) is 10.4. The highest BCUT2D eigenvalue weighted by molar-refractivity contribution is 6.15. The summed E-state index contributed by atoms with van der Waals surface area (Å²) in [6.45, 7) is 11.8. The molecular formula is C55H42N2O. The fourth-order valence-corrected chi connectivity index (χ4v) is 10.4. The molecule has 0 aliphatic heterocycles. The first-order valence-electron chi connectivity index (χ1n) is 20.4. The minimum absolute atomic E-state index is 0.232. The molecule has 0 amide bonds. The molecule has 0 unspecified atom stereocenters. The van der Waals surface area contributed by atoms with Crippen molar-refractivity contribution in [2.75, 3.05) is 0 Å². The van der Waals surface area contributed by atoms with Crippen LogP contribution in [-0.4, -0.2) is 9.13 Å². The summed E-state index contributed by atoms with van der Waals surface area (Å²) in [4.78, 5) is 0. The molecule has 0 saturated heterocycles. The van der Waals surface area contributed by atoms with E-state index in [1.54, 1.807) is 0 Å². The van der Waals surface area contributed by atoms with Gasteiger partial charge in [0, 0.05) is 43.3 Å². The van der Waals surface area contributed by atoms with Gasteiger partial charge in [0.15, 0.2) is 0 Å². The second-order valence-electron chi connectivity index (χ2n) is 17.8. The lowest BCUT2D eigenvalue weighted by Gasteiger charge is -2.31. The number of aromatic nitrogens is 2. The zero-order valence-electron chi connectivity index (χ0n) is 33.4. The van der Waals surface area contributed by atoms with E-state index in [1.165, 1.54) is 105 Å². The van der Waals surface area contributed by atoms with Gasteiger partial charge < -0.3 is 13.6 Å². The summed E-state index contributed by atoms with van der Waals surface area (Å²) in [6.07, 6.45) is 0. The Labute approximate surface area is 337 Å². The molecule has 0 saturated carbocycles. The van der Waals surface area contributed by atoms with Crippen LogP contribution >= 0.6 is 0 Å². The number of fused-ring (bicyclic) bond motifs is 9. The van der Waals surface area contributed by atoms with E-state index in [0.29, 0.717) is 0 Å². The molecule has 1 aliphatic carbocycles. The van der Waals surface area contributed by atoms with Gasteiger partial charge in [-0.1, -0.05) is 144 Å². The Morgan fingerprint density at radius 1 is 0.448 bits per heavy atom. The zero-order chi connectivity index (χ0) is 39.1. The van der Waals surface area contributed by atoms with E-state index in [9.17, 15) is 0 Å². The Morgan fingerprint density at radius 2 is 0.897 bits per heavy atom. The number of para-hydroxylation sites is 4. The molecule has 12 rings (SSSR count). The minimum Gasteiger partial charge on any atom is -0.456 e. The number of furan rings is 1. The van der Waals surface area contributed by atoms with Crippen LogP contribution in [0.15, 0.2) is 168 Å². The van der Waals surface area contributed by atoms with Crippen molar-refractivity contribution in [2.24, 2.45) is 0 Å². The maximum Gasteiger partial charge on any atom is 0.136 e. The number of benzene rings is 8. The SMILES string of the molecule is CC(C)(C)c1c(-n2c3ccccc3c3ccccc32)cc(-c2cc3cc(c2)C(C)(C)c2cccc4oc5cccc-3c5c24)cc1-n1c2ccccc2c2ccccc21. The lowest BCUT2D eigenvalue weighted by molar-refractivity contribution is 0.585. The van der Waals surface area contributed by atoms with Crippen molar-refractivity contribution < 1.29 is 4.42 Å². The highest BCUT2D eigenvalue weighted by atomic mass is 16.3. The van der Waals surface area contributed by atoms with E-state index in [2.05, 4.69) is 208 Å². The van der Waals surface area contributed by atoms with Crippen LogP contribution in [0.1, 0.15) is 51.3 Å². The molecule has 11 aromatic rings. The summed E-state index contributed by atoms with van der Waals surface area (Å²) in [7, 11) is 0. The summed E-state index contributed by atoms with van der Waals surface area (Å²) in [5.74, 6) is 0. The lowest BCUT2D eigenvalue weighted by atomic mass is 9.73. The van der Waals surface area contributed by atoms with Gasteiger partial charge in [-0.15, -0.1) is 0 Å². The first-order valence-corrected chi connectivity index (χ1v) is 20.4. The van der Waals surface area contributed by atoms with E-state index in [0.717, 1.165) is 11.2 Å². The standard InChI is InChI=1S/C55H42N2O/c1-54(2,3)53-47(56-43-22-10-6-16-38(43)39-17-7-11-23-44(39)56)31-34(32-48(53)57-45-24-12-8-18-40(45)41-19-9-13-25-46(41)57)33-28-35-30-36(29-33)55(4,5)42-21-15-27-50-52(42)51-37(35)20-14-26-49(51)58-50/h6-32H,1-5H3.